The van der Waals surface area contributed by atoms with Gasteiger partial charge in [-0.2, -0.15) is 8.78 Å². The smallest absolute Gasteiger partial charge is 0.387 e. The molecule has 0 aliphatic heterocycles. The van der Waals surface area contributed by atoms with Crippen molar-refractivity contribution in [1.82, 2.24) is 0 Å². The van der Waals surface area contributed by atoms with E-state index < -0.39 is 23.1 Å². The Balaban J connectivity index is 3.17. The first-order valence-corrected chi connectivity index (χ1v) is 6.92. The first-order chi connectivity index (χ1) is 11.2. The molecule has 0 aliphatic carbocycles. The lowest BCUT2D eigenvalue weighted by atomic mass is 10.1. The molecule has 0 spiro atoms. The molecular weight excluding hydrogens is 328 g/mol. The van der Waals surface area contributed by atoms with E-state index in [1.165, 1.54) is 32.0 Å². The van der Waals surface area contributed by atoms with E-state index in [1.807, 2.05) is 0 Å². The van der Waals surface area contributed by atoms with Crippen LogP contribution in [0.2, 0.25) is 0 Å². The summed E-state index contributed by atoms with van der Waals surface area (Å²) in [5.74, 6) is -1.17. The predicted molar refractivity (Wildman–Crippen MR) is 80.4 cm³/mol. The number of rotatable bonds is 8. The molecule has 7 nitrogen and oxygen atoms in total. The number of halogens is 2. The minimum Gasteiger partial charge on any atom is -0.472 e. The number of esters is 1. The highest BCUT2D eigenvalue weighted by Gasteiger charge is 2.33. The molecule has 1 rings (SSSR count). The molecule has 9 heteroatoms. The van der Waals surface area contributed by atoms with Crippen molar-refractivity contribution in [2.75, 3.05) is 6.61 Å². The number of nitro groups is 1. The summed E-state index contributed by atoms with van der Waals surface area (Å²) >= 11 is 0. The van der Waals surface area contributed by atoms with E-state index in [2.05, 4.69) is 4.74 Å². The van der Waals surface area contributed by atoms with Crippen LogP contribution in [0.5, 0.6) is 11.5 Å². The fraction of sp³-hybridized carbons (Fsp3) is 0.400. The summed E-state index contributed by atoms with van der Waals surface area (Å²) in [6.45, 7) is 1.44. The number of carbonyl (C=O) groups is 1. The molecule has 0 amide bonds. The van der Waals surface area contributed by atoms with Gasteiger partial charge in [-0.1, -0.05) is 6.07 Å². The molecule has 0 radical (unpaired) electrons. The van der Waals surface area contributed by atoms with E-state index in [0.29, 0.717) is 11.8 Å². The number of alkyl halides is 2. The van der Waals surface area contributed by atoms with Crippen LogP contribution in [-0.4, -0.2) is 29.7 Å². The molecular formula is C15H17F2NO6. The molecule has 0 heterocycles. The second kappa shape index (κ2) is 8.23. The zero-order valence-electron chi connectivity index (χ0n) is 13.3. The quantitative estimate of drug-likeness (QED) is 0.408. The van der Waals surface area contributed by atoms with Crippen LogP contribution in [0.25, 0.3) is 6.08 Å². The molecule has 132 valence electrons. The fourth-order valence-electron chi connectivity index (χ4n) is 1.67. The SMILES string of the molecule is CCOC(=O)C(C)(C)Oc1cc(/C=C/[N+](=O)[O-])ccc1OC(F)F. The molecule has 0 fully saturated rings. The molecule has 0 aliphatic rings. The van der Waals surface area contributed by atoms with E-state index in [9.17, 15) is 23.7 Å². The molecule has 0 unspecified atom stereocenters. The van der Waals surface area contributed by atoms with Crippen LogP contribution in [0.15, 0.2) is 24.4 Å². The average molecular weight is 345 g/mol. The maximum atomic E-state index is 12.5. The zero-order valence-corrected chi connectivity index (χ0v) is 13.3. The normalized spacial score (nSPS) is 11.6. The van der Waals surface area contributed by atoms with Crippen molar-refractivity contribution in [3.63, 3.8) is 0 Å². The minimum atomic E-state index is -3.10. The summed E-state index contributed by atoms with van der Waals surface area (Å²) in [7, 11) is 0. The van der Waals surface area contributed by atoms with Gasteiger partial charge >= 0.3 is 12.6 Å². The Kier molecular flexibility index (Phi) is 6.63. The zero-order chi connectivity index (χ0) is 18.3. The van der Waals surface area contributed by atoms with Crippen LogP contribution in [-0.2, 0) is 9.53 Å². The van der Waals surface area contributed by atoms with Gasteiger partial charge in [0.25, 0.3) is 0 Å². The van der Waals surface area contributed by atoms with Crippen LogP contribution < -0.4 is 9.47 Å². The maximum Gasteiger partial charge on any atom is 0.387 e. The molecule has 0 N–H and O–H groups in total. The Labute approximate surface area is 137 Å². The van der Waals surface area contributed by atoms with Crippen molar-refractivity contribution in [2.24, 2.45) is 0 Å². The third-order valence-electron chi connectivity index (χ3n) is 2.70. The summed E-state index contributed by atoms with van der Waals surface area (Å²) in [4.78, 5) is 21.6. The summed E-state index contributed by atoms with van der Waals surface area (Å²) in [5.41, 5.74) is -1.16. The predicted octanol–water partition coefficient (Wildman–Crippen LogP) is 3.26. The molecule has 1 aromatic rings. The van der Waals surface area contributed by atoms with Crippen LogP contribution in [0, 0.1) is 10.1 Å². The maximum absolute atomic E-state index is 12.5. The van der Waals surface area contributed by atoms with Gasteiger partial charge in [-0.25, -0.2) is 4.79 Å². The van der Waals surface area contributed by atoms with Crippen molar-refractivity contribution >= 4 is 12.0 Å². The number of hydrogen-bond donors (Lipinski definition) is 0. The average Bonchev–Trinajstić information content (AvgIpc) is 2.46. The standard InChI is InChI=1S/C15H17F2NO6/c1-4-22-13(19)15(2,3)24-12-9-10(7-8-18(20)21)5-6-11(12)23-14(16)17/h5-9,14H,4H2,1-3H3/b8-7+. The number of hydrogen-bond acceptors (Lipinski definition) is 6. The Morgan fingerprint density at radius 2 is 2.04 bits per heavy atom. The van der Waals surface area contributed by atoms with Crippen LogP contribution >= 0.6 is 0 Å². The summed E-state index contributed by atoms with van der Waals surface area (Å²) in [5, 5.41) is 10.4. The Morgan fingerprint density at radius 3 is 2.58 bits per heavy atom. The van der Waals surface area contributed by atoms with Gasteiger partial charge < -0.3 is 14.2 Å². The summed E-state index contributed by atoms with van der Waals surface area (Å²) in [6, 6.07) is 3.75. The van der Waals surface area contributed by atoms with E-state index in [4.69, 9.17) is 9.47 Å². The Hall–Kier alpha value is -2.71. The molecule has 1 aromatic carbocycles. The highest BCUT2D eigenvalue weighted by atomic mass is 19.3. The molecule has 24 heavy (non-hydrogen) atoms. The second-order valence-corrected chi connectivity index (χ2v) is 5.02. The Bertz CT molecular complexity index is 630. The van der Waals surface area contributed by atoms with Gasteiger partial charge in [-0.15, -0.1) is 0 Å². The van der Waals surface area contributed by atoms with Crippen LogP contribution in [0.1, 0.15) is 26.3 Å². The van der Waals surface area contributed by atoms with Gasteiger partial charge in [0.15, 0.2) is 17.1 Å². The molecule has 0 aromatic heterocycles. The third-order valence-corrected chi connectivity index (χ3v) is 2.70. The number of ether oxygens (including phenoxy) is 3. The summed E-state index contributed by atoms with van der Waals surface area (Å²) < 4.78 is 39.6. The van der Waals surface area contributed by atoms with E-state index in [1.54, 1.807) is 6.92 Å². The second-order valence-electron chi connectivity index (χ2n) is 5.02. The van der Waals surface area contributed by atoms with E-state index in [-0.39, 0.29) is 18.1 Å². The lowest BCUT2D eigenvalue weighted by Gasteiger charge is -2.25. The van der Waals surface area contributed by atoms with Crippen LogP contribution in [0.4, 0.5) is 8.78 Å². The third kappa shape index (κ3) is 5.82. The van der Waals surface area contributed by atoms with Gasteiger partial charge in [0.2, 0.25) is 6.20 Å². The lowest BCUT2D eigenvalue weighted by molar-refractivity contribution is -0.400. The largest absolute Gasteiger partial charge is 0.472 e. The molecule has 0 bridgehead atoms. The van der Waals surface area contributed by atoms with Gasteiger partial charge in [-0.05, 0) is 38.5 Å². The first kappa shape index (κ1) is 19.3. The van der Waals surface area contributed by atoms with Gasteiger partial charge in [0, 0.05) is 6.08 Å². The number of nitrogens with zero attached hydrogens (tertiary/aromatic N) is 1. The van der Waals surface area contributed by atoms with Gasteiger partial charge in [-0.3, -0.25) is 10.1 Å². The van der Waals surface area contributed by atoms with Crippen LogP contribution in [0.3, 0.4) is 0 Å². The first-order valence-electron chi connectivity index (χ1n) is 6.92. The molecule has 0 saturated carbocycles. The van der Waals surface area contributed by atoms with Gasteiger partial charge in [0.1, 0.15) is 0 Å². The molecule has 0 atom stereocenters. The van der Waals surface area contributed by atoms with E-state index in [0.717, 1.165) is 6.08 Å². The topological polar surface area (TPSA) is 87.9 Å². The van der Waals surface area contributed by atoms with Crippen molar-refractivity contribution in [3.05, 3.63) is 40.1 Å². The number of benzene rings is 1. The fourth-order valence-corrected chi connectivity index (χ4v) is 1.67. The van der Waals surface area contributed by atoms with Crippen molar-refractivity contribution in [1.29, 1.82) is 0 Å². The van der Waals surface area contributed by atoms with E-state index >= 15 is 0 Å². The Morgan fingerprint density at radius 1 is 1.38 bits per heavy atom. The monoisotopic (exact) mass is 345 g/mol. The highest BCUT2D eigenvalue weighted by Crippen LogP contribution is 2.33. The summed E-state index contributed by atoms with van der Waals surface area (Å²) in [6.07, 6.45) is 1.83. The lowest BCUT2D eigenvalue weighted by Crippen LogP contribution is -2.39. The molecule has 0 saturated heterocycles. The number of carbonyl (C=O) groups excluding carboxylic acids is 1. The van der Waals surface area contributed by atoms with Crippen molar-refractivity contribution in [3.8, 4) is 11.5 Å². The van der Waals surface area contributed by atoms with Crippen molar-refractivity contribution < 1.29 is 32.7 Å². The van der Waals surface area contributed by atoms with Crippen molar-refractivity contribution in [2.45, 2.75) is 33.0 Å². The minimum absolute atomic E-state index is 0.123. The highest BCUT2D eigenvalue weighted by molar-refractivity contribution is 5.79. The van der Waals surface area contributed by atoms with Gasteiger partial charge in [0.05, 0.1) is 11.5 Å².